The molecule has 29 heavy (non-hydrogen) atoms. The Balaban J connectivity index is 1.81. The minimum absolute atomic E-state index is 0.136. The molecule has 1 amide bonds. The van der Waals surface area contributed by atoms with Gasteiger partial charge in [-0.25, -0.2) is 4.79 Å². The highest BCUT2D eigenvalue weighted by Gasteiger charge is 2.15. The first-order valence-electron chi connectivity index (χ1n) is 8.84. The molecule has 2 aromatic carbocycles. The van der Waals surface area contributed by atoms with Gasteiger partial charge in [0.15, 0.2) is 4.80 Å². The van der Waals surface area contributed by atoms with E-state index < -0.39 is 11.5 Å². The Morgan fingerprint density at radius 2 is 1.90 bits per heavy atom. The molecule has 0 spiro atoms. The summed E-state index contributed by atoms with van der Waals surface area (Å²) in [4.78, 5) is 41.2. The van der Waals surface area contributed by atoms with Gasteiger partial charge in [0.1, 0.15) is 11.1 Å². The van der Waals surface area contributed by atoms with E-state index in [0.29, 0.717) is 22.3 Å². The van der Waals surface area contributed by atoms with E-state index in [-0.39, 0.29) is 18.0 Å². The quantitative estimate of drug-likeness (QED) is 0.382. The average Bonchev–Trinajstić information content (AvgIpc) is 3.08. The number of aryl methyl sites for hydroxylation is 1. The summed E-state index contributed by atoms with van der Waals surface area (Å²) in [5, 5.41) is 0.639. The van der Waals surface area contributed by atoms with Crippen LogP contribution in [0.1, 0.15) is 16.8 Å². The molecule has 2 aromatic heterocycles. The lowest BCUT2D eigenvalue weighted by molar-refractivity contribution is -0.140. The van der Waals surface area contributed by atoms with Gasteiger partial charge in [0, 0.05) is 11.9 Å². The molecule has 0 saturated heterocycles. The van der Waals surface area contributed by atoms with Gasteiger partial charge < -0.3 is 13.7 Å². The van der Waals surface area contributed by atoms with Crippen LogP contribution in [0.25, 0.3) is 21.2 Å². The van der Waals surface area contributed by atoms with Crippen molar-refractivity contribution in [1.82, 2.24) is 4.57 Å². The molecule has 0 fully saturated rings. The minimum Gasteiger partial charge on any atom is -0.469 e. The largest absolute Gasteiger partial charge is 0.469 e. The number of thiazole rings is 1. The van der Waals surface area contributed by atoms with Gasteiger partial charge in [-0.2, -0.15) is 4.99 Å². The Kier molecular flexibility index (Phi) is 5.09. The van der Waals surface area contributed by atoms with Crippen molar-refractivity contribution >= 4 is 44.4 Å². The fourth-order valence-corrected chi connectivity index (χ4v) is 4.04. The lowest BCUT2D eigenvalue weighted by Crippen LogP contribution is -2.21. The maximum atomic E-state index is 12.8. The first-order chi connectivity index (χ1) is 14.1. The Morgan fingerprint density at radius 1 is 1.14 bits per heavy atom. The molecule has 2 heterocycles. The predicted octanol–water partition coefficient (Wildman–Crippen LogP) is 3.11. The van der Waals surface area contributed by atoms with Gasteiger partial charge in [0.05, 0.1) is 23.7 Å². The first kappa shape index (κ1) is 18.8. The Bertz CT molecular complexity index is 1360. The van der Waals surface area contributed by atoms with E-state index >= 15 is 0 Å². The molecule has 0 N–H and O–H groups in total. The monoisotopic (exact) mass is 408 g/mol. The number of carbonyl (C=O) groups is 2. The van der Waals surface area contributed by atoms with E-state index in [2.05, 4.69) is 4.99 Å². The summed E-state index contributed by atoms with van der Waals surface area (Å²) in [6.07, 6.45) is 0.136. The van der Waals surface area contributed by atoms with Crippen LogP contribution in [0.15, 0.2) is 68.8 Å². The average molecular weight is 408 g/mol. The fourth-order valence-electron chi connectivity index (χ4n) is 2.99. The van der Waals surface area contributed by atoms with Gasteiger partial charge in [-0.3, -0.25) is 9.59 Å². The van der Waals surface area contributed by atoms with Gasteiger partial charge >= 0.3 is 11.6 Å². The minimum atomic E-state index is -0.736. The van der Waals surface area contributed by atoms with Crippen molar-refractivity contribution in [3.8, 4) is 0 Å². The third kappa shape index (κ3) is 3.74. The van der Waals surface area contributed by atoms with Crippen molar-refractivity contribution in [2.45, 2.75) is 13.0 Å². The number of carbonyl (C=O) groups excluding carboxylic acids is 2. The zero-order valence-corrected chi connectivity index (χ0v) is 16.3. The number of para-hydroxylation sites is 2. The molecule has 4 rings (SSSR count). The molecule has 0 radical (unpaired) electrons. The zero-order chi connectivity index (χ0) is 20.4. The third-order valence-electron chi connectivity index (χ3n) is 4.42. The molecule has 7 nitrogen and oxygen atoms in total. The van der Waals surface area contributed by atoms with Crippen LogP contribution in [0.4, 0.5) is 0 Å². The van der Waals surface area contributed by atoms with E-state index in [1.165, 1.54) is 24.5 Å². The lowest BCUT2D eigenvalue weighted by atomic mass is 10.2. The highest BCUT2D eigenvalue weighted by molar-refractivity contribution is 7.16. The molecular formula is C21H16N2O5S. The number of methoxy groups -OCH3 is 1. The second kappa shape index (κ2) is 7.84. The predicted molar refractivity (Wildman–Crippen MR) is 109 cm³/mol. The van der Waals surface area contributed by atoms with Gasteiger partial charge in [-0.15, -0.1) is 0 Å². The summed E-state index contributed by atoms with van der Waals surface area (Å²) in [6, 6.07) is 16.0. The van der Waals surface area contributed by atoms with E-state index in [0.717, 1.165) is 10.2 Å². The molecule has 0 saturated carbocycles. The Labute approximate surface area is 168 Å². The van der Waals surface area contributed by atoms with Crippen LogP contribution >= 0.6 is 11.3 Å². The second-order valence-electron chi connectivity index (χ2n) is 6.23. The van der Waals surface area contributed by atoms with E-state index in [1.807, 2.05) is 24.3 Å². The van der Waals surface area contributed by atoms with Crippen molar-refractivity contribution < 1.29 is 18.7 Å². The number of ether oxygens (including phenoxy) is 1. The maximum Gasteiger partial charge on any atom is 0.349 e. The second-order valence-corrected chi connectivity index (χ2v) is 7.24. The van der Waals surface area contributed by atoms with Crippen molar-refractivity contribution in [3.63, 3.8) is 0 Å². The number of fused-ring (bicyclic) bond motifs is 2. The van der Waals surface area contributed by atoms with Crippen LogP contribution < -0.4 is 10.4 Å². The van der Waals surface area contributed by atoms with Gasteiger partial charge in [0.25, 0.3) is 5.91 Å². The van der Waals surface area contributed by atoms with E-state index in [1.54, 1.807) is 28.8 Å². The number of benzene rings is 2. The molecule has 0 bridgehead atoms. The highest BCUT2D eigenvalue weighted by atomic mass is 32.1. The summed E-state index contributed by atoms with van der Waals surface area (Å²) >= 11 is 1.31. The molecular weight excluding hydrogens is 392 g/mol. The molecule has 0 aliphatic rings. The molecule has 0 aliphatic heterocycles. The van der Waals surface area contributed by atoms with Crippen LogP contribution in [0.5, 0.6) is 0 Å². The van der Waals surface area contributed by atoms with Crippen LogP contribution in [0, 0.1) is 0 Å². The topological polar surface area (TPSA) is 90.9 Å². The summed E-state index contributed by atoms with van der Waals surface area (Å²) < 4.78 is 12.6. The maximum absolute atomic E-state index is 12.8. The molecule has 4 aromatic rings. The van der Waals surface area contributed by atoms with E-state index in [9.17, 15) is 14.4 Å². The van der Waals surface area contributed by atoms with Crippen molar-refractivity contribution in [1.29, 1.82) is 0 Å². The summed E-state index contributed by atoms with van der Waals surface area (Å²) in [7, 11) is 1.33. The van der Waals surface area contributed by atoms with Crippen molar-refractivity contribution in [3.05, 3.63) is 75.4 Å². The van der Waals surface area contributed by atoms with Crippen LogP contribution in [-0.2, 0) is 16.1 Å². The lowest BCUT2D eigenvalue weighted by Gasteiger charge is -2.04. The normalized spacial score (nSPS) is 11.8. The molecule has 0 unspecified atom stereocenters. The number of rotatable bonds is 4. The van der Waals surface area contributed by atoms with Crippen LogP contribution in [0.3, 0.4) is 0 Å². The summed E-state index contributed by atoms with van der Waals surface area (Å²) in [5.41, 5.74) is 0.378. The Hall–Kier alpha value is -3.52. The van der Waals surface area contributed by atoms with Gasteiger partial charge in [-0.1, -0.05) is 41.7 Å². The van der Waals surface area contributed by atoms with Gasteiger partial charge in [-0.05, 0) is 24.3 Å². The smallest absolute Gasteiger partial charge is 0.349 e. The number of hydrogen-bond acceptors (Lipinski definition) is 6. The summed E-state index contributed by atoms with van der Waals surface area (Å²) in [6.45, 7) is 0.301. The third-order valence-corrected chi connectivity index (χ3v) is 5.48. The highest BCUT2D eigenvalue weighted by Crippen LogP contribution is 2.18. The SMILES string of the molecule is COC(=O)CCn1c(=NC(=O)c2cc3ccccc3oc2=O)sc2ccccc21. The van der Waals surface area contributed by atoms with Crippen LogP contribution in [0.2, 0.25) is 0 Å². The number of hydrogen-bond donors (Lipinski definition) is 0. The Morgan fingerprint density at radius 3 is 2.72 bits per heavy atom. The van der Waals surface area contributed by atoms with Gasteiger partial charge in [0.2, 0.25) is 0 Å². The number of aromatic nitrogens is 1. The molecule has 8 heteroatoms. The standard InChI is InChI=1S/C21H16N2O5S/c1-27-18(24)10-11-23-15-7-3-5-9-17(15)29-21(23)22-19(25)14-12-13-6-2-4-8-16(13)28-20(14)26/h2-9,12H,10-11H2,1H3. The van der Waals surface area contributed by atoms with Crippen molar-refractivity contribution in [2.75, 3.05) is 7.11 Å². The molecule has 0 aliphatic carbocycles. The summed E-state index contributed by atoms with van der Waals surface area (Å²) in [5.74, 6) is -1.05. The number of amides is 1. The zero-order valence-electron chi connectivity index (χ0n) is 15.5. The molecule has 0 atom stereocenters. The van der Waals surface area contributed by atoms with E-state index in [4.69, 9.17) is 9.15 Å². The number of nitrogens with zero attached hydrogens (tertiary/aromatic N) is 2. The number of esters is 1. The first-order valence-corrected chi connectivity index (χ1v) is 9.65. The van der Waals surface area contributed by atoms with Crippen LogP contribution in [-0.4, -0.2) is 23.6 Å². The molecule has 146 valence electrons. The fraction of sp³-hybridized carbons (Fsp3) is 0.143. The van der Waals surface area contributed by atoms with Crippen molar-refractivity contribution in [2.24, 2.45) is 4.99 Å².